The van der Waals surface area contributed by atoms with Gasteiger partial charge in [0, 0.05) is 23.3 Å². The van der Waals surface area contributed by atoms with Crippen LogP contribution in [0.5, 0.6) is 0 Å². The summed E-state index contributed by atoms with van der Waals surface area (Å²) in [5, 5.41) is 0. The van der Waals surface area contributed by atoms with E-state index in [4.69, 9.17) is 0 Å². The Bertz CT molecular complexity index is 446. The molecule has 0 saturated heterocycles. The summed E-state index contributed by atoms with van der Waals surface area (Å²) in [4.78, 5) is 14.2. The van der Waals surface area contributed by atoms with Crippen LogP contribution < -0.4 is 0 Å². The smallest absolute Gasteiger partial charge is 0.232 e. The van der Waals surface area contributed by atoms with Gasteiger partial charge in [0.2, 0.25) is 5.91 Å². The average molecular weight is 356 g/mol. The van der Waals surface area contributed by atoms with Crippen molar-refractivity contribution in [2.75, 3.05) is 12.8 Å². The predicted octanol–water partition coefficient (Wildman–Crippen LogP) is 4.47. The quantitative estimate of drug-likeness (QED) is 0.776. The molecule has 110 valence electrons. The molecule has 1 aliphatic carbocycles. The first-order chi connectivity index (χ1) is 9.66. The van der Waals surface area contributed by atoms with Crippen LogP contribution in [0.15, 0.2) is 28.7 Å². The Balaban J connectivity index is 1.74. The first-order valence-corrected chi connectivity index (χ1v) is 9.19. The number of amides is 1. The zero-order valence-corrected chi connectivity index (χ0v) is 14.4. The van der Waals surface area contributed by atoms with Gasteiger partial charge in [-0.25, -0.2) is 0 Å². The van der Waals surface area contributed by atoms with E-state index in [1.165, 1.54) is 37.7 Å². The van der Waals surface area contributed by atoms with E-state index in [-0.39, 0.29) is 5.91 Å². The van der Waals surface area contributed by atoms with E-state index in [0.29, 0.717) is 11.8 Å². The molecule has 0 aliphatic heterocycles. The van der Waals surface area contributed by atoms with Gasteiger partial charge >= 0.3 is 0 Å². The van der Waals surface area contributed by atoms with Crippen LogP contribution >= 0.6 is 27.7 Å². The van der Waals surface area contributed by atoms with E-state index < -0.39 is 0 Å². The lowest BCUT2D eigenvalue weighted by molar-refractivity contribution is -0.129. The van der Waals surface area contributed by atoms with E-state index in [0.717, 1.165) is 10.2 Å². The number of halogens is 1. The predicted molar refractivity (Wildman–Crippen MR) is 89.9 cm³/mol. The van der Waals surface area contributed by atoms with Crippen molar-refractivity contribution in [3.63, 3.8) is 0 Å². The molecule has 2 nitrogen and oxygen atoms in total. The topological polar surface area (TPSA) is 20.3 Å². The number of hydrogen-bond acceptors (Lipinski definition) is 2. The van der Waals surface area contributed by atoms with Crippen LogP contribution in [0.2, 0.25) is 0 Å². The van der Waals surface area contributed by atoms with Crippen LogP contribution in [-0.4, -0.2) is 29.6 Å². The fourth-order valence-electron chi connectivity index (χ4n) is 2.66. The number of carbonyl (C=O) groups is 1. The molecule has 20 heavy (non-hydrogen) atoms. The lowest BCUT2D eigenvalue weighted by atomic mass is 9.94. The number of hydrogen-bond donors (Lipinski definition) is 0. The lowest BCUT2D eigenvalue weighted by Gasteiger charge is -2.31. The third-order valence-corrected chi connectivity index (χ3v) is 5.38. The molecule has 0 atom stereocenters. The van der Waals surface area contributed by atoms with E-state index in [2.05, 4.69) is 28.1 Å². The summed E-state index contributed by atoms with van der Waals surface area (Å²) in [7, 11) is 1.97. The van der Waals surface area contributed by atoms with E-state index in [1.54, 1.807) is 11.8 Å². The van der Waals surface area contributed by atoms with Crippen molar-refractivity contribution < 1.29 is 4.79 Å². The van der Waals surface area contributed by atoms with Crippen LogP contribution in [0, 0.1) is 0 Å². The standard InChI is InChI=1S/C16H22BrNOS/c1-18(15-8-3-2-4-9-15)16(19)12-20-11-13-6-5-7-14(17)10-13/h5-7,10,15H,2-4,8-9,11-12H2,1H3. The van der Waals surface area contributed by atoms with Crippen LogP contribution in [-0.2, 0) is 10.5 Å². The van der Waals surface area contributed by atoms with Gasteiger partial charge in [-0.15, -0.1) is 11.8 Å². The Hall–Kier alpha value is -0.480. The van der Waals surface area contributed by atoms with Gasteiger partial charge in [-0.1, -0.05) is 47.3 Å². The molecule has 1 aromatic carbocycles. The molecule has 1 saturated carbocycles. The highest BCUT2D eigenvalue weighted by atomic mass is 79.9. The number of carbonyl (C=O) groups excluding carboxylic acids is 1. The van der Waals surface area contributed by atoms with Gasteiger partial charge in [-0.3, -0.25) is 4.79 Å². The van der Waals surface area contributed by atoms with Crippen LogP contribution in [0.4, 0.5) is 0 Å². The molecule has 1 aromatic rings. The zero-order valence-electron chi connectivity index (χ0n) is 12.0. The van der Waals surface area contributed by atoms with Crippen molar-refractivity contribution in [3.05, 3.63) is 34.3 Å². The molecule has 1 amide bonds. The number of benzene rings is 1. The first kappa shape index (κ1) is 15.9. The second kappa shape index (κ2) is 8.08. The molecule has 0 N–H and O–H groups in total. The molecule has 1 aliphatic rings. The van der Waals surface area contributed by atoms with E-state index in [1.807, 2.05) is 24.1 Å². The highest BCUT2D eigenvalue weighted by Crippen LogP contribution is 2.23. The van der Waals surface area contributed by atoms with Crippen molar-refractivity contribution in [2.45, 2.75) is 43.9 Å². The molecule has 0 radical (unpaired) electrons. The molecule has 4 heteroatoms. The number of thioether (sulfide) groups is 1. The molecule has 0 heterocycles. The monoisotopic (exact) mass is 355 g/mol. The second-order valence-corrected chi connectivity index (χ2v) is 7.32. The Kier molecular flexibility index (Phi) is 6.43. The van der Waals surface area contributed by atoms with Gasteiger partial charge in [0.1, 0.15) is 0 Å². The van der Waals surface area contributed by atoms with Gasteiger partial charge in [0.15, 0.2) is 0 Å². The van der Waals surface area contributed by atoms with Crippen LogP contribution in [0.25, 0.3) is 0 Å². The average Bonchev–Trinajstić information content (AvgIpc) is 2.47. The van der Waals surface area contributed by atoms with Crippen molar-refractivity contribution in [1.29, 1.82) is 0 Å². The minimum Gasteiger partial charge on any atom is -0.342 e. The van der Waals surface area contributed by atoms with Gasteiger partial charge in [0.05, 0.1) is 5.75 Å². The summed E-state index contributed by atoms with van der Waals surface area (Å²) in [6.07, 6.45) is 6.23. The molecule has 0 bridgehead atoms. The minimum atomic E-state index is 0.275. The Morgan fingerprint density at radius 3 is 2.80 bits per heavy atom. The fraction of sp³-hybridized carbons (Fsp3) is 0.562. The number of rotatable bonds is 5. The third-order valence-electron chi connectivity index (χ3n) is 3.90. The van der Waals surface area contributed by atoms with Crippen LogP contribution in [0.3, 0.4) is 0 Å². The second-order valence-electron chi connectivity index (χ2n) is 5.42. The fourth-order valence-corrected chi connectivity index (χ4v) is 4.00. The SMILES string of the molecule is CN(C(=O)CSCc1cccc(Br)c1)C1CCCCC1. The Labute approximate surface area is 134 Å². The zero-order chi connectivity index (χ0) is 14.4. The normalized spacial score (nSPS) is 16.1. The summed E-state index contributed by atoms with van der Waals surface area (Å²) in [5.41, 5.74) is 1.26. The molecule has 2 rings (SSSR count). The van der Waals surface area contributed by atoms with E-state index >= 15 is 0 Å². The maximum Gasteiger partial charge on any atom is 0.232 e. The summed E-state index contributed by atoms with van der Waals surface area (Å²) in [6, 6.07) is 8.75. The maximum atomic E-state index is 12.2. The van der Waals surface area contributed by atoms with Gasteiger partial charge in [-0.05, 0) is 30.5 Å². The van der Waals surface area contributed by atoms with E-state index in [9.17, 15) is 4.79 Å². The Morgan fingerprint density at radius 1 is 1.35 bits per heavy atom. The molecule has 0 unspecified atom stereocenters. The lowest BCUT2D eigenvalue weighted by Crippen LogP contribution is -2.39. The largest absolute Gasteiger partial charge is 0.342 e. The van der Waals surface area contributed by atoms with Crippen molar-refractivity contribution in [3.8, 4) is 0 Å². The van der Waals surface area contributed by atoms with Crippen molar-refractivity contribution in [1.82, 2.24) is 4.90 Å². The first-order valence-electron chi connectivity index (χ1n) is 7.24. The molecular formula is C16H22BrNOS. The van der Waals surface area contributed by atoms with Crippen molar-refractivity contribution >= 4 is 33.6 Å². The third kappa shape index (κ3) is 4.81. The Morgan fingerprint density at radius 2 is 2.10 bits per heavy atom. The van der Waals surface area contributed by atoms with Gasteiger partial charge in [-0.2, -0.15) is 0 Å². The maximum absolute atomic E-state index is 12.2. The summed E-state index contributed by atoms with van der Waals surface area (Å²) >= 11 is 5.18. The van der Waals surface area contributed by atoms with Crippen molar-refractivity contribution in [2.24, 2.45) is 0 Å². The summed E-state index contributed by atoms with van der Waals surface area (Å²) in [6.45, 7) is 0. The highest BCUT2D eigenvalue weighted by molar-refractivity contribution is 9.10. The molecule has 0 spiro atoms. The molecular weight excluding hydrogens is 334 g/mol. The number of nitrogens with zero attached hydrogens (tertiary/aromatic N) is 1. The summed E-state index contributed by atoms with van der Waals surface area (Å²) < 4.78 is 1.10. The van der Waals surface area contributed by atoms with Gasteiger partial charge in [0.25, 0.3) is 0 Å². The summed E-state index contributed by atoms with van der Waals surface area (Å²) in [5.74, 6) is 1.75. The highest BCUT2D eigenvalue weighted by Gasteiger charge is 2.21. The molecule has 1 fully saturated rings. The van der Waals surface area contributed by atoms with Crippen LogP contribution in [0.1, 0.15) is 37.7 Å². The van der Waals surface area contributed by atoms with Gasteiger partial charge < -0.3 is 4.90 Å². The molecule has 0 aromatic heterocycles. The minimum absolute atomic E-state index is 0.275.